The molecule has 2 aromatic carbocycles. The second kappa shape index (κ2) is 6.17. The predicted octanol–water partition coefficient (Wildman–Crippen LogP) is 4.59. The van der Waals surface area contributed by atoms with Crippen LogP contribution in [-0.4, -0.2) is 11.5 Å². The molecule has 0 radical (unpaired) electrons. The van der Waals surface area contributed by atoms with Crippen LogP contribution >= 0.6 is 23.4 Å². The average molecular weight is 299 g/mol. The minimum Gasteiger partial charge on any atom is -0.293 e. The Morgan fingerprint density at radius 1 is 1.16 bits per heavy atom. The third-order valence-electron chi connectivity index (χ3n) is 2.40. The number of thioether (sulfide) groups is 1. The summed E-state index contributed by atoms with van der Waals surface area (Å²) in [7, 11) is 0. The van der Waals surface area contributed by atoms with E-state index in [4.69, 9.17) is 11.6 Å². The second-order valence-corrected chi connectivity index (χ2v) is 5.25. The first kappa shape index (κ1) is 14.0. The molecular formula is C14H9ClF2OS. The molecule has 2 aromatic rings. The lowest BCUT2D eigenvalue weighted by atomic mass is 10.1. The molecule has 0 aliphatic carbocycles. The van der Waals surface area contributed by atoms with E-state index >= 15 is 0 Å². The highest BCUT2D eigenvalue weighted by Gasteiger charge is 2.10. The number of Topliss-reactive ketones (excluding diaryl/α,β-unsaturated/α-hetero) is 1. The van der Waals surface area contributed by atoms with Gasteiger partial charge in [0.25, 0.3) is 0 Å². The maximum atomic E-state index is 13.4. The van der Waals surface area contributed by atoms with Crippen LogP contribution in [0.15, 0.2) is 47.4 Å². The number of hydrogen-bond donors (Lipinski definition) is 0. The van der Waals surface area contributed by atoms with E-state index in [0.717, 1.165) is 30.0 Å². The van der Waals surface area contributed by atoms with Crippen LogP contribution in [-0.2, 0) is 0 Å². The van der Waals surface area contributed by atoms with Gasteiger partial charge in [-0.25, -0.2) is 8.78 Å². The lowest BCUT2D eigenvalue weighted by molar-refractivity contribution is 0.102. The van der Waals surface area contributed by atoms with Crippen LogP contribution in [0.25, 0.3) is 0 Å². The highest BCUT2D eigenvalue weighted by molar-refractivity contribution is 8.00. The standard InChI is InChI=1S/C14H9ClF2OS/c15-10-3-1-2-9(6-10)13(18)8-19-14-7-11(16)4-5-12(14)17/h1-7H,8H2. The molecule has 0 unspecified atom stereocenters. The number of carbonyl (C=O) groups is 1. The van der Waals surface area contributed by atoms with Gasteiger partial charge in [-0.3, -0.25) is 4.79 Å². The van der Waals surface area contributed by atoms with Gasteiger partial charge in [-0.15, -0.1) is 11.8 Å². The molecule has 1 nitrogen and oxygen atoms in total. The summed E-state index contributed by atoms with van der Waals surface area (Å²) in [5.74, 6) is -1.22. The number of halogens is 3. The highest BCUT2D eigenvalue weighted by atomic mass is 35.5. The predicted molar refractivity (Wildman–Crippen MR) is 72.9 cm³/mol. The van der Waals surface area contributed by atoms with Gasteiger partial charge in [-0.05, 0) is 30.3 Å². The van der Waals surface area contributed by atoms with E-state index in [1.54, 1.807) is 24.3 Å². The van der Waals surface area contributed by atoms with E-state index in [1.807, 2.05) is 0 Å². The van der Waals surface area contributed by atoms with Gasteiger partial charge in [-0.2, -0.15) is 0 Å². The summed E-state index contributed by atoms with van der Waals surface area (Å²) in [4.78, 5) is 12.0. The zero-order chi connectivity index (χ0) is 13.8. The molecule has 0 saturated heterocycles. The molecule has 0 amide bonds. The van der Waals surface area contributed by atoms with Crippen molar-refractivity contribution >= 4 is 29.1 Å². The maximum absolute atomic E-state index is 13.4. The largest absolute Gasteiger partial charge is 0.293 e. The lowest BCUT2D eigenvalue weighted by Crippen LogP contribution is -2.02. The topological polar surface area (TPSA) is 17.1 Å². The Hall–Kier alpha value is -1.39. The molecule has 0 aliphatic rings. The fraction of sp³-hybridized carbons (Fsp3) is 0.0714. The number of rotatable bonds is 4. The van der Waals surface area contributed by atoms with E-state index in [2.05, 4.69) is 0 Å². The fourth-order valence-electron chi connectivity index (χ4n) is 1.48. The summed E-state index contributed by atoms with van der Waals surface area (Å²) in [6.45, 7) is 0. The van der Waals surface area contributed by atoms with Crippen molar-refractivity contribution in [3.8, 4) is 0 Å². The van der Waals surface area contributed by atoms with Crippen LogP contribution in [0.2, 0.25) is 5.02 Å². The van der Waals surface area contributed by atoms with Gasteiger partial charge in [0, 0.05) is 15.5 Å². The Labute approximate surface area is 118 Å². The molecule has 19 heavy (non-hydrogen) atoms. The van der Waals surface area contributed by atoms with E-state index in [0.29, 0.717) is 10.6 Å². The van der Waals surface area contributed by atoms with E-state index in [9.17, 15) is 13.6 Å². The number of benzene rings is 2. The SMILES string of the molecule is O=C(CSc1cc(F)ccc1F)c1cccc(Cl)c1. The molecule has 0 N–H and O–H groups in total. The third kappa shape index (κ3) is 3.78. The smallest absolute Gasteiger partial charge is 0.173 e. The molecule has 0 aliphatic heterocycles. The minimum atomic E-state index is -0.537. The van der Waals surface area contributed by atoms with Crippen LogP contribution in [0, 0.1) is 11.6 Å². The molecule has 0 bridgehead atoms. The Balaban J connectivity index is 2.06. The second-order valence-electron chi connectivity index (χ2n) is 3.80. The third-order valence-corrected chi connectivity index (χ3v) is 3.66. The Morgan fingerprint density at radius 2 is 1.95 bits per heavy atom. The summed E-state index contributed by atoms with van der Waals surface area (Å²) in [5.41, 5.74) is 0.455. The van der Waals surface area contributed by atoms with Crippen molar-refractivity contribution in [1.29, 1.82) is 0 Å². The van der Waals surface area contributed by atoms with Gasteiger partial charge < -0.3 is 0 Å². The average Bonchev–Trinajstić information content (AvgIpc) is 2.39. The normalized spacial score (nSPS) is 10.5. The molecule has 0 aromatic heterocycles. The van der Waals surface area contributed by atoms with Crippen molar-refractivity contribution in [2.75, 3.05) is 5.75 Å². The van der Waals surface area contributed by atoms with Gasteiger partial charge in [0.05, 0.1) is 5.75 Å². The van der Waals surface area contributed by atoms with Crippen LogP contribution in [0.4, 0.5) is 8.78 Å². The molecule has 0 spiro atoms. The summed E-state index contributed by atoms with van der Waals surface area (Å²) < 4.78 is 26.3. The van der Waals surface area contributed by atoms with E-state index in [1.165, 1.54) is 0 Å². The first-order valence-corrected chi connectivity index (χ1v) is 6.79. The molecule has 0 atom stereocenters. The van der Waals surface area contributed by atoms with Gasteiger partial charge in [-0.1, -0.05) is 23.7 Å². The highest BCUT2D eigenvalue weighted by Crippen LogP contribution is 2.24. The van der Waals surface area contributed by atoms with Gasteiger partial charge in [0.15, 0.2) is 5.78 Å². The quantitative estimate of drug-likeness (QED) is 0.606. The Bertz CT molecular complexity index is 616. The minimum absolute atomic E-state index is 0.0285. The van der Waals surface area contributed by atoms with Crippen molar-refractivity contribution in [3.05, 3.63) is 64.7 Å². The number of ketones is 1. The van der Waals surface area contributed by atoms with Gasteiger partial charge >= 0.3 is 0 Å². The molecular weight excluding hydrogens is 290 g/mol. The van der Waals surface area contributed by atoms with Gasteiger partial charge in [0.2, 0.25) is 0 Å². The fourth-order valence-corrected chi connectivity index (χ4v) is 2.52. The van der Waals surface area contributed by atoms with Crippen molar-refractivity contribution in [3.63, 3.8) is 0 Å². The molecule has 5 heteroatoms. The van der Waals surface area contributed by atoms with Crippen LogP contribution < -0.4 is 0 Å². The summed E-state index contributed by atoms with van der Waals surface area (Å²) >= 11 is 6.75. The number of carbonyl (C=O) groups excluding carboxylic acids is 1. The van der Waals surface area contributed by atoms with Crippen molar-refractivity contribution in [2.24, 2.45) is 0 Å². The monoisotopic (exact) mass is 298 g/mol. The molecule has 0 fully saturated rings. The molecule has 0 heterocycles. The van der Waals surface area contributed by atoms with E-state index < -0.39 is 11.6 Å². The van der Waals surface area contributed by atoms with Crippen molar-refractivity contribution < 1.29 is 13.6 Å². The Morgan fingerprint density at radius 3 is 2.68 bits per heavy atom. The van der Waals surface area contributed by atoms with Crippen LogP contribution in [0.1, 0.15) is 10.4 Å². The maximum Gasteiger partial charge on any atom is 0.173 e. The first-order chi connectivity index (χ1) is 9.06. The lowest BCUT2D eigenvalue weighted by Gasteiger charge is -2.03. The van der Waals surface area contributed by atoms with Gasteiger partial charge in [0.1, 0.15) is 11.6 Å². The van der Waals surface area contributed by atoms with Crippen LogP contribution in [0.3, 0.4) is 0 Å². The number of hydrogen-bond acceptors (Lipinski definition) is 2. The summed E-state index contributed by atoms with van der Waals surface area (Å²) in [6, 6.07) is 9.68. The summed E-state index contributed by atoms with van der Waals surface area (Å²) in [6.07, 6.45) is 0. The van der Waals surface area contributed by atoms with Crippen molar-refractivity contribution in [1.82, 2.24) is 0 Å². The molecule has 2 rings (SSSR count). The zero-order valence-electron chi connectivity index (χ0n) is 9.70. The molecule has 98 valence electrons. The summed E-state index contributed by atoms with van der Waals surface area (Å²) in [5, 5.41) is 0.466. The molecule has 0 saturated carbocycles. The van der Waals surface area contributed by atoms with E-state index in [-0.39, 0.29) is 16.4 Å². The Kier molecular flexibility index (Phi) is 4.56. The first-order valence-electron chi connectivity index (χ1n) is 5.43. The van der Waals surface area contributed by atoms with Crippen LogP contribution in [0.5, 0.6) is 0 Å². The zero-order valence-corrected chi connectivity index (χ0v) is 11.3. The van der Waals surface area contributed by atoms with Crippen molar-refractivity contribution in [2.45, 2.75) is 4.90 Å².